The highest BCUT2D eigenvalue weighted by Gasteiger charge is 2.50. The zero-order valence-electron chi connectivity index (χ0n) is 15.9. The molecule has 0 aromatic carbocycles. The number of pyridine rings is 1. The van der Waals surface area contributed by atoms with Crippen molar-refractivity contribution in [3.63, 3.8) is 0 Å². The van der Waals surface area contributed by atoms with E-state index in [1.807, 2.05) is 4.90 Å². The number of carbonyl (C=O) groups is 1. The Morgan fingerprint density at radius 3 is 2.62 bits per heavy atom. The molecule has 3 rings (SSSR count). The number of alkyl halides is 2. The zero-order valence-corrected chi connectivity index (χ0v) is 18.3. The lowest BCUT2D eigenvalue weighted by molar-refractivity contribution is -0.103. The van der Waals surface area contributed by atoms with E-state index in [9.17, 15) is 13.6 Å². The first kappa shape index (κ1) is 22.3. The summed E-state index contributed by atoms with van der Waals surface area (Å²) in [6.45, 7) is 1.10. The first-order chi connectivity index (χ1) is 13.8. The molecular formula is C19H22Cl2F2N4OS. The van der Waals surface area contributed by atoms with Crippen molar-refractivity contribution in [3.05, 3.63) is 33.7 Å². The number of likely N-dealkylation sites (tertiary alicyclic amines) is 1. The summed E-state index contributed by atoms with van der Waals surface area (Å²) in [5.41, 5.74) is -0.298. The quantitative estimate of drug-likeness (QED) is 0.219. The molecular weight excluding hydrogens is 441 g/mol. The van der Waals surface area contributed by atoms with E-state index in [2.05, 4.69) is 15.3 Å². The Hall–Kier alpha value is -1.38. The molecule has 1 N–H and O–H groups in total. The van der Waals surface area contributed by atoms with Crippen molar-refractivity contribution in [2.24, 2.45) is 10.4 Å². The Morgan fingerprint density at radius 1 is 1.31 bits per heavy atom. The van der Waals surface area contributed by atoms with Crippen LogP contribution in [-0.2, 0) is 4.79 Å². The van der Waals surface area contributed by atoms with E-state index in [4.69, 9.17) is 23.2 Å². The van der Waals surface area contributed by atoms with Crippen LogP contribution in [0.1, 0.15) is 32.1 Å². The van der Waals surface area contributed by atoms with Gasteiger partial charge in [0.25, 0.3) is 0 Å². The number of rotatable bonds is 5. The van der Waals surface area contributed by atoms with Gasteiger partial charge in [0.05, 0.1) is 16.3 Å². The number of hydrogen-bond donors (Lipinski definition) is 1. The molecule has 0 bridgehead atoms. The largest absolute Gasteiger partial charge is 0.381 e. The standard InChI is InChI=1S/C19H22Cl2F2N4OS/c1-24-15(29-13-2-7-25-17(21)16(13)20)10-26-14(11-28)27-8-5-18(6-9-27)3-4-19(22,23)12-18/h2,7,10-11,24H,3-6,8-9,12H2,1H3/b15-10+,26-14?. The molecule has 1 aliphatic heterocycles. The van der Waals surface area contributed by atoms with E-state index < -0.39 is 5.92 Å². The number of piperidine rings is 1. The van der Waals surface area contributed by atoms with Gasteiger partial charge >= 0.3 is 0 Å². The zero-order chi connectivity index (χ0) is 21.1. The lowest BCUT2D eigenvalue weighted by atomic mass is 9.77. The molecule has 1 saturated heterocycles. The molecule has 29 heavy (non-hydrogen) atoms. The summed E-state index contributed by atoms with van der Waals surface area (Å²) < 4.78 is 27.3. The smallest absolute Gasteiger partial charge is 0.248 e. The fourth-order valence-electron chi connectivity index (χ4n) is 3.86. The maximum absolute atomic E-state index is 13.6. The second kappa shape index (κ2) is 9.18. The van der Waals surface area contributed by atoms with Gasteiger partial charge in [-0.25, -0.2) is 18.8 Å². The lowest BCUT2D eigenvalue weighted by Gasteiger charge is -2.39. The number of nitrogens with one attached hydrogen (secondary N) is 1. The SMILES string of the molecule is CN/C(=C\N=C(C=O)N1CCC2(CC1)CCC(F)(F)C2)Sc1ccnc(Cl)c1Cl. The molecule has 1 saturated carbocycles. The third-order valence-corrected chi connectivity index (χ3v) is 7.47. The molecule has 0 amide bonds. The predicted molar refractivity (Wildman–Crippen MR) is 113 cm³/mol. The van der Waals surface area contributed by atoms with Crippen LogP contribution in [0.3, 0.4) is 0 Å². The molecule has 1 aromatic rings. The summed E-state index contributed by atoms with van der Waals surface area (Å²) in [5.74, 6) is -2.26. The van der Waals surface area contributed by atoms with E-state index in [-0.39, 0.29) is 29.2 Å². The number of aliphatic imine (C=N–C) groups is 1. The topological polar surface area (TPSA) is 57.6 Å². The summed E-state index contributed by atoms with van der Waals surface area (Å²) in [6, 6.07) is 1.73. The molecule has 158 valence electrons. The van der Waals surface area contributed by atoms with Crippen molar-refractivity contribution in [2.45, 2.75) is 42.9 Å². The van der Waals surface area contributed by atoms with Gasteiger partial charge in [-0.2, -0.15) is 0 Å². The second-order valence-electron chi connectivity index (χ2n) is 7.38. The Balaban J connectivity index is 1.67. The Bertz CT molecular complexity index is 826. The molecule has 0 radical (unpaired) electrons. The monoisotopic (exact) mass is 462 g/mol. The van der Waals surface area contributed by atoms with Gasteiger partial charge in [-0.1, -0.05) is 35.0 Å². The molecule has 0 atom stereocenters. The Morgan fingerprint density at radius 2 is 2.03 bits per heavy atom. The minimum atomic E-state index is -2.55. The highest BCUT2D eigenvalue weighted by atomic mass is 35.5. The van der Waals surface area contributed by atoms with Gasteiger partial charge < -0.3 is 10.2 Å². The van der Waals surface area contributed by atoms with E-state index in [1.54, 1.807) is 25.5 Å². The third-order valence-electron chi connectivity index (χ3n) is 5.50. The highest BCUT2D eigenvalue weighted by Crippen LogP contribution is 2.52. The van der Waals surface area contributed by atoms with Gasteiger partial charge in [0.2, 0.25) is 5.92 Å². The van der Waals surface area contributed by atoms with Crippen LogP contribution in [-0.4, -0.2) is 48.1 Å². The highest BCUT2D eigenvalue weighted by molar-refractivity contribution is 8.03. The molecule has 2 aliphatic rings. The summed E-state index contributed by atoms with van der Waals surface area (Å²) in [5, 5.41) is 4.22. The van der Waals surface area contributed by atoms with Crippen LogP contribution in [0.2, 0.25) is 10.2 Å². The van der Waals surface area contributed by atoms with Gasteiger partial charge in [0, 0.05) is 44.1 Å². The third kappa shape index (κ3) is 5.41. The molecule has 1 spiro atoms. The lowest BCUT2D eigenvalue weighted by Crippen LogP contribution is -2.43. The van der Waals surface area contributed by atoms with Gasteiger partial charge in [0.15, 0.2) is 12.1 Å². The van der Waals surface area contributed by atoms with Crippen LogP contribution in [0, 0.1) is 5.41 Å². The van der Waals surface area contributed by atoms with E-state index in [1.165, 1.54) is 11.8 Å². The van der Waals surface area contributed by atoms with E-state index >= 15 is 0 Å². The summed E-state index contributed by atoms with van der Waals surface area (Å²) >= 11 is 13.4. The van der Waals surface area contributed by atoms with Gasteiger partial charge in [-0.15, -0.1) is 0 Å². The maximum Gasteiger partial charge on any atom is 0.248 e. The van der Waals surface area contributed by atoms with Crippen LogP contribution in [0.15, 0.2) is 33.4 Å². The number of aromatic nitrogens is 1. The fourth-order valence-corrected chi connectivity index (χ4v) is 5.06. The van der Waals surface area contributed by atoms with Crippen LogP contribution in [0.25, 0.3) is 0 Å². The van der Waals surface area contributed by atoms with Crippen molar-refractivity contribution >= 4 is 47.1 Å². The molecule has 1 aromatic heterocycles. The van der Waals surface area contributed by atoms with Crippen molar-refractivity contribution in [2.75, 3.05) is 20.1 Å². The van der Waals surface area contributed by atoms with Crippen molar-refractivity contribution < 1.29 is 13.6 Å². The number of nitrogens with zero attached hydrogens (tertiary/aromatic N) is 3. The van der Waals surface area contributed by atoms with Crippen LogP contribution >= 0.6 is 35.0 Å². The molecule has 0 unspecified atom stereocenters. The van der Waals surface area contributed by atoms with Crippen LogP contribution < -0.4 is 5.32 Å². The average molecular weight is 463 g/mol. The van der Waals surface area contributed by atoms with Crippen LogP contribution in [0.4, 0.5) is 8.78 Å². The van der Waals surface area contributed by atoms with E-state index in [0.717, 1.165) is 0 Å². The normalized spacial score (nSPS) is 21.5. The van der Waals surface area contributed by atoms with E-state index in [0.29, 0.717) is 53.6 Å². The van der Waals surface area contributed by atoms with Crippen LogP contribution in [0.5, 0.6) is 0 Å². The number of amidine groups is 1. The minimum absolute atomic E-state index is 0.0330. The first-order valence-electron chi connectivity index (χ1n) is 9.29. The minimum Gasteiger partial charge on any atom is -0.381 e. The summed E-state index contributed by atoms with van der Waals surface area (Å²) in [6.07, 6.45) is 5.58. The summed E-state index contributed by atoms with van der Waals surface area (Å²) in [4.78, 5) is 22.4. The van der Waals surface area contributed by atoms with Crippen molar-refractivity contribution in [1.29, 1.82) is 0 Å². The van der Waals surface area contributed by atoms with Gasteiger partial charge in [-0.05, 0) is 30.7 Å². The Kier molecular flexibility index (Phi) is 7.06. The predicted octanol–water partition coefficient (Wildman–Crippen LogP) is 5.00. The molecule has 5 nitrogen and oxygen atoms in total. The number of hydrogen-bond acceptors (Lipinski definition) is 5. The fraction of sp³-hybridized carbons (Fsp3) is 0.526. The number of thioether (sulfide) groups is 1. The van der Waals surface area contributed by atoms with Gasteiger partial charge in [-0.3, -0.25) is 4.79 Å². The number of halogens is 4. The van der Waals surface area contributed by atoms with Gasteiger partial charge in [0.1, 0.15) is 5.15 Å². The van der Waals surface area contributed by atoms with Crippen molar-refractivity contribution in [3.8, 4) is 0 Å². The second-order valence-corrected chi connectivity index (χ2v) is 9.20. The molecule has 10 heteroatoms. The Labute approximate surface area is 182 Å². The number of aldehydes is 1. The number of carbonyl (C=O) groups excluding carboxylic acids is 1. The molecule has 1 aliphatic carbocycles. The van der Waals surface area contributed by atoms with Crippen molar-refractivity contribution in [1.82, 2.24) is 15.2 Å². The first-order valence-corrected chi connectivity index (χ1v) is 10.9. The average Bonchev–Trinajstić information content (AvgIpc) is 3.00. The molecule has 2 heterocycles. The maximum atomic E-state index is 13.6. The summed E-state index contributed by atoms with van der Waals surface area (Å²) in [7, 11) is 1.73. The molecule has 2 fully saturated rings.